The van der Waals surface area contributed by atoms with Gasteiger partial charge in [-0.2, -0.15) is 0 Å². The molecule has 2 amide bonds. The Bertz CT molecular complexity index is 1160. The monoisotopic (exact) mass is 507 g/mol. The number of carboxylic acid groups (broad SMARTS) is 1. The normalized spacial score (nSPS) is 22.2. The van der Waals surface area contributed by atoms with Crippen LogP contribution in [0.15, 0.2) is 45.4 Å². The molecule has 1 saturated heterocycles. The first-order valence-corrected chi connectivity index (χ1v) is 12.1. The number of nitrogens with one attached hydrogen (secondary N) is 1. The van der Waals surface area contributed by atoms with Gasteiger partial charge >= 0.3 is 5.97 Å². The molecule has 0 aromatic carbocycles. The molecule has 2 aliphatic heterocycles. The predicted molar refractivity (Wildman–Crippen MR) is 122 cm³/mol. The second-order valence-electron chi connectivity index (χ2n) is 6.65. The van der Waals surface area contributed by atoms with E-state index in [4.69, 9.17) is 5.73 Å². The van der Waals surface area contributed by atoms with Crippen molar-refractivity contribution < 1.29 is 24.3 Å². The standard InChI is InChI=1S/C18H17N7O5S3/c1-30-22-6-11(26)24-18(10-8-31-16(19)23-10)9(7-32-17-20-3-2-4-21-17)14(15(28)29)25-12(27)5-13(25)33-18/h2-4,6,8,13H,5,7H2,1H3,(H2,19,23)(H,24,26)(H,28,29)/t13-,18?/m0/s1. The summed E-state index contributed by atoms with van der Waals surface area (Å²) in [4.78, 5) is 54.5. The summed E-state index contributed by atoms with van der Waals surface area (Å²) in [5.74, 6) is -2.21. The Balaban J connectivity index is 1.87. The van der Waals surface area contributed by atoms with E-state index in [2.05, 4.69) is 30.3 Å². The van der Waals surface area contributed by atoms with Crippen molar-refractivity contribution >= 4 is 64.0 Å². The van der Waals surface area contributed by atoms with E-state index in [1.807, 2.05) is 0 Å². The van der Waals surface area contributed by atoms with Crippen molar-refractivity contribution in [3.8, 4) is 0 Å². The zero-order chi connectivity index (χ0) is 23.6. The maximum atomic E-state index is 12.7. The molecule has 0 bridgehead atoms. The molecule has 12 nitrogen and oxygen atoms in total. The number of nitrogens with two attached hydrogens (primary N) is 1. The smallest absolute Gasteiger partial charge is 0.352 e. The Kier molecular flexibility index (Phi) is 6.53. The Morgan fingerprint density at radius 1 is 1.48 bits per heavy atom. The third kappa shape index (κ3) is 4.38. The molecular formula is C18H17N7O5S3. The van der Waals surface area contributed by atoms with Gasteiger partial charge in [-0.3, -0.25) is 14.5 Å². The number of carbonyl (C=O) groups is 3. The first-order chi connectivity index (χ1) is 15.9. The molecule has 172 valence electrons. The minimum absolute atomic E-state index is 0.0499. The van der Waals surface area contributed by atoms with Crippen molar-refractivity contribution in [2.24, 2.45) is 5.16 Å². The van der Waals surface area contributed by atoms with Crippen molar-refractivity contribution in [3.05, 3.63) is 40.8 Å². The van der Waals surface area contributed by atoms with Crippen LogP contribution in [0.4, 0.5) is 5.13 Å². The van der Waals surface area contributed by atoms with E-state index in [0.717, 1.165) is 17.6 Å². The highest BCUT2D eigenvalue weighted by atomic mass is 32.2. The average Bonchev–Trinajstić information content (AvgIpc) is 3.23. The molecule has 2 aromatic rings. The number of nitrogens with zero attached hydrogens (tertiary/aromatic N) is 5. The zero-order valence-corrected chi connectivity index (χ0v) is 19.4. The number of amides is 2. The number of β-lactam (4-membered cyclic amide) rings is 1. The fraction of sp³-hybridized carbons (Fsp3) is 0.278. The van der Waals surface area contributed by atoms with E-state index in [-0.39, 0.29) is 34.5 Å². The van der Waals surface area contributed by atoms with Crippen LogP contribution in [0.1, 0.15) is 12.1 Å². The number of hydrogen-bond donors (Lipinski definition) is 3. The SMILES string of the molecule is CON=CC(=O)NC1(c2csc(N)n2)S[C@H]2CC(=O)N2C(C(=O)O)=C1CSc1ncccn1. The van der Waals surface area contributed by atoms with Crippen LogP contribution in [-0.4, -0.2) is 67.2 Å². The van der Waals surface area contributed by atoms with Gasteiger partial charge in [-0.1, -0.05) is 28.7 Å². The van der Waals surface area contributed by atoms with Crippen LogP contribution in [0, 0.1) is 0 Å². The van der Waals surface area contributed by atoms with Crippen molar-refractivity contribution in [3.63, 3.8) is 0 Å². The van der Waals surface area contributed by atoms with Crippen LogP contribution in [0.25, 0.3) is 0 Å². The van der Waals surface area contributed by atoms with Gasteiger partial charge in [-0.05, 0) is 6.07 Å². The summed E-state index contributed by atoms with van der Waals surface area (Å²) in [5, 5.41) is 18.2. The first-order valence-electron chi connectivity index (χ1n) is 9.32. The third-order valence-electron chi connectivity index (χ3n) is 4.72. The second kappa shape index (κ2) is 9.36. The number of carbonyl (C=O) groups excluding carboxylic acids is 2. The van der Waals surface area contributed by atoms with Crippen LogP contribution in [0.2, 0.25) is 0 Å². The van der Waals surface area contributed by atoms with Gasteiger partial charge in [0.15, 0.2) is 15.2 Å². The van der Waals surface area contributed by atoms with Crippen LogP contribution < -0.4 is 11.1 Å². The topological polar surface area (TPSA) is 173 Å². The summed E-state index contributed by atoms with van der Waals surface area (Å²) in [6.07, 6.45) is 4.17. The third-order valence-corrected chi connectivity index (χ3v) is 7.85. The van der Waals surface area contributed by atoms with Crippen molar-refractivity contribution in [1.82, 2.24) is 25.2 Å². The molecule has 4 heterocycles. The number of aliphatic carboxylic acids is 1. The number of fused-ring (bicyclic) bond motifs is 1. The zero-order valence-electron chi connectivity index (χ0n) is 17.0. The Morgan fingerprint density at radius 3 is 2.85 bits per heavy atom. The highest BCUT2D eigenvalue weighted by Crippen LogP contribution is 2.54. The van der Waals surface area contributed by atoms with Crippen LogP contribution in [-0.2, 0) is 24.1 Å². The Labute approximate surface area is 199 Å². The maximum absolute atomic E-state index is 12.7. The van der Waals surface area contributed by atoms with E-state index in [1.54, 1.807) is 23.8 Å². The number of nitrogen functional groups attached to an aromatic ring is 1. The van der Waals surface area contributed by atoms with Gasteiger partial charge in [0.1, 0.15) is 19.0 Å². The summed E-state index contributed by atoms with van der Waals surface area (Å²) in [6.45, 7) is 0. The molecule has 33 heavy (non-hydrogen) atoms. The van der Waals surface area contributed by atoms with Gasteiger partial charge in [0.05, 0.1) is 17.5 Å². The lowest BCUT2D eigenvalue weighted by Crippen LogP contribution is -2.61. The number of hydrogen-bond acceptors (Lipinski definition) is 12. The predicted octanol–water partition coefficient (Wildman–Crippen LogP) is 0.853. The van der Waals surface area contributed by atoms with Gasteiger partial charge in [0, 0.05) is 29.1 Å². The summed E-state index contributed by atoms with van der Waals surface area (Å²) in [6, 6.07) is 1.66. The number of carboxylic acids is 1. The minimum Gasteiger partial charge on any atom is -0.477 e. The summed E-state index contributed by atoms with van der Waals surface area (Å²) < 4.78 is 0. The molecule has 0 aliphatic carbocycles. The Morgan fingerprint density at radius 2 is 2.24 bits per heavy atom. The lowest BCUT2D eigenvalue weighted by Gasteiger charge is -2.51. The fourth-order valence-corrected chi connectivity index (χ4v) is 6.71. The minimum atomic E-state index is -1.43. The van der Waals surface area contributed by atoms with Crippen LogP contribution >= 0.6 is 34.9 Å². The van der Waals surface area contributed by atoms with Crippen LogP contribution in [0.3, 0.4) is 0 Å². The fourth-order valence-electron chi connectivity index (χ4n) is 3.38. The van der Waals surface area contributed by atoms with Crippen molar-refractivity contribution in [2.45, 2.75) is 21.8 Å². The molecule has 4 N–H and O–H groups in total. The van der Waals surface area contributed by atoms with E-state index >= 15 is 0 Å². The largest absolute Gasteiger partial charge is 0.477 e. The molecule has 2 atom stereocenters. The molecule has 1 fully saturated rings. The van der Waals surface area contributed by atoms with Gasteiger partial charge in [-0.15, -0.1) is 11.3 Å². The molecule has 15 heteroatoms. The molecular weight excluding hydrogens is 490 g/mol. The number of thioether (sulfide) groups is 2. The summed E-state index contributed by atoms with van der Waals surface area (Å²) in [5.41, 5.74) is 6.25. The first kappa shape index (κ1) is 23.0. The summed E-state index contributed by atoms with van der Waals surface area (Å²) >= 11 is 3.52. The number of thiazole rings is 1. The van der Waals surface area contributed by atoms with E-state index in [0.29, 0.717) is 10.9 Å². The van der Waals surface area contributed by atoms with Crippen molar-refractivity contribution in [2.75, 3.05) is 18.6 Å². The quantitative estimate of drug-likeness (QED) is 0.152. The van der Waals surface area contributed by atoms with Gasteiger partial charge in [0.2, 0.25) is 5.91 Å². The second-order valence-corrected chi connectivity index (χ2v) is 9.88. The lowest BCUT2D eigenvalue weighted by molar-refractivity contribution is -0.146. The van der Waals surface area contributed by atoms with Gasteiger partial charge in [0.25, 0.3) is 5.91 Å². The number of aromatic nitrogens is 3. The molecule has 0 radical (unpaired) electrons. The lowest BCUT2D eigenvalue weighted by atomic mass is 9.98. The molecule has 4 rings (SSSR count). The van der Waals surface area contributed by atoms with E-state index < -0.39 is 22.1 Å². The van der Waals surface area contributed by atoms with Crippen LogP contribution in [0.5, 0.6) is 0 Å². The Hall–Kier alpha value is -3.17. The summed E-state index contributed by atoms with van der Waals surface area (Å²) in [7, 11) is 1.29. The highest BCUT2D eigenvalue weighted by Gasteiger charge is 2.56. The molecule has 0 spiro atoms. The van der Waals surface area contributed by atoms with Crippen molar-refractivity contribution in [1.29, 1.82) is 0 Å². The van der Waals surface area contributed by atoms with E-state index in [9.17, 15) is 19.5 Å². The highest BCUT2D eigenvalue weighted by molar-refractivity contribution is 8.01. The maximum Gasteiger partial charge on any atom is 0.352 e. The van der Waals surface area contributed by atoms with Gasteiger partial charge in [-0.25, -0.2) is 19.7 Å². The number of anilines is 1. The molecule has 1 unspecified atom stereocenters. The molecule has 0 saturated carbocycles. The molecule has 2 aliphatic rings. The molecule has 2 aromatic heterocycles. The van der Waals surface area contributed by atoms with E-state index in [1.165, 1.54) is 35.5 Å². The number of rotatable bonds is 8. The average molecular weight is 508 g/mol. The van der Waals surface area contributed by atoms with Gasteiger partial charge < -0.3 is 21.0 Å². The number of oxime groups is 1.